The van der Waals surface area contributed by atoms with Crippen LogP contribution in [-0.4, -0.2) is 69.3 Å². The van der Waals surface area contributed by atoms with Crippen LogP contribution >= 0.6 is 35.0 Å². The lowest BCUT2D eigenvalue weighted by Crippen LogP contribution is -2.49. The first kappa shape index (κ1) is 28.8. The Morgan fingerprint density at radius 1 is 1.23 bits per heavy atom. The third-order valence-electron chi connectivity index (χ3n) is 8.07. The summed E-state index contributed by atoms with van der Waals surface area (Å²) in [5.41, 5.74) is 2.31. The Balaban J connectivity index is 1.61. The highest BCUT2D eigenvalue weighted by atomic mass is 35.5. The molecule has 5 rings (SSSR count). The maximum absolute atomic E-state index is 14.3. The number of allylic oxidation sites excluding steroid dienone is 3. The van der Waals surface area contributed by atoms with Gasteiger partial charge in [0.1, 0.15) is 22.5 Å². The molecule has 0 bridgehead atoms. The molecule has 1 aromatic carbocycles. The molecule has 40 heavy (non-hydrogen) atoms. The number of nitrogens with zero attached hydrogens (tertiary/aromatic N) is 5. The fraction of sp³-hybridized carbons (Fsp3) is 0.467. The summed E-state index contributed by atoms with van der Waals surface area (Å²) in [5, 5.41) is 11.2. The van der Waals surface area contributed by atoms with Crippen LogP contribution in [0.3, 0.4) is 0 Å². The maximum Gasteiger partial charge on any atom is 0.264 e. The van der Waals surface area contributed by atoms with Gasteiger partial charge in [0.2, 0.25) is 5.91 Å². The van der Waals surface area contributed by atoms with Gasteiger partial charge in [-0.05, 0) is 67.1 Å². The summed E-state index contributed by atoms with van der Waals surface area (Å²) in [6.07, 6.45) is 7.88. The van der Waals surface area contributed by atoms with E-state index in [1.165, 1.54) is 21.6 Å². The first-order chi connectivity index (χ1) is 19.0. The van der Waals surface area contributed by atoms with Crippen molar-refractivity contribution in [2.45, 2.75) is 69.1 Å². The SMILES string of the molecule is CC(C)C1=C(C(=O)N2C(C(=O)N(C)C)CC[C@H]2C#N)SC2=N[C@@](C)(c3ccc(Cl)cc3)[C@@H](C3=CCC(Cl)C=C3)N21. The number of likely N-dealkylation sites (tertiary alicyclic amines) is 1. The van der Waals surface area contributed by atoms with Gasteiger partial charge in [0.05, 0.1) is 17.5 Å². The van der Waals surface area contributed by atoms with E-state index in [4.69, 9.17) is 28.2 Å². The highest BCUT2D eigenvalue weighted by Gasteiger charge is 2.55. The lowest BCUT2D eigenvalue weighted by molar-refractivity contribution is -0.140. The van der Waals surface area contributed by atoms with E-state index in [1.54, 1.807) is 14.1 Å². The van der Waals surface area contributed by atoms with E-state index in [1.807, 2.05) is 30.3 Å². The Kier molecular flexibility index (Phi) is 7.86. The van der Waals surface area contributed by atoms with E-state index in [9.17, 15) is 14.9 Å². The van der Waals surface area contributed by atoms with Crippen molar-refractivity contribution in [3.63, 3.8) is 0 Å². The van der Waals surface area contributed by atoms with E-state index in [0.717, 1.165) is 22.0 Å². The lowest BCUT2D eigenvalue weighted by atomic mass is 9.79. The first-order valence-electron chi connectivity index (χ1n) is 13.5. The highest BCUT2D eigenvalue weighted by molar-refractivity contribution is 8.18. The number of benzene rings is 1. The Morgan fingerprint density at radius 3 is 2.50 bits per heavy atom. The minimum absolute atomic E-state index is 0.0192. The van der Waals surface area contributed by atoms with Gasteiger partial charge >= 0.3 is 0 Å². The van der Waals surface area contributed by atoms with Crippen molar-refractivity contribution in [1.82, 2.24) is 14.7 Å². The maximum atomic E-state index is 14.3. The van der Waals surface area contributed by atoms with Gasteiger partial charge in [0.15, 0.2) is 5.17 Å². The monoisotopic (exact) mass is 597 g/mol. The van der Waals surface area contributed by atoms with Crippen molar-refractivity contribution < 1.29 is 9.59 Å². The molecule has 1 aliphatic carbocycles. The molecule has 2 unspecified atom stereocenters. The Labute approximate surface area is 250 Å². The molecule has 1 aromatic rings. The summed E-state index contributed by atoms with van der Waals surface area (Å²) in [5.74, 6) is -0.467. The predicted molar refractivity (Wildman–Crippen MR) is 161 cm³/mol. The summed E-state index contributed by atoms with van der Waals surface area (Å²) in [7, 11) is 3.36. The molecular formula is C30H33Cl2N5O2S. The number of carbonyl (C=O) groups is 2. The molecule has 5 atom stereocenters. The Morgan fingerprint density at radius 2 is 1.93 bits per heavy atom. The fourth-order valence-corrected chi connectivity index (χ4v) is 7.75. The molecule has 0 N–H and O–H groups in total. The van der Waals surface area contributed by atoms with Gasteiger partial charge in [-0.2, -0.15) is 5.26 Å². The van der Waals surface area contributed by atoms with Crippen LogP contribution in [0.4, 0.5) is 0 Å². The molecule has 7 nitrogen and oxygen atoms in total. The third-order valence-corrected chi connectivity index (χ3v) is 9.70. The number of amidine groups is 1. The standard InChI is InChI=1S/C30H33Cl2N5O2S/c1-17(2)24-25(28(39)36-22(16-33)14-15-23(36)27(38)35(4)5)40-29-34-30(3,19-8-12-21(32)13-9-19)26(37(24)29)18-6-10-20(31)11-7-18/h6-10,12-13,17,20,22-23,26H,11,14-15H2,1-5H3/t20?,22-,23?,26+,30-/m0/s1. The largest absolute Gasteiger partial charge is 0.347 e. The molecule has 0 saturated carbocycles. The van der Waals surface area contributed by atoms with E-state index < -0.39 is 17.6 Å². The van der Waals surface area contributed by atoms with Crippen LogP contribution in [-0.2, 0) is 15.1 Å². The van der Waals surface area contributed by atoms with Crippen LogP contribution < -0.4 is 0 Å². The number of thioether (sulfide) groups is 1. The van der Waals surface area contributed by atoms with Gasteiger partial charge in [-0.1, -0.05) is 55.8 Å². The van der Waals surface area contributed by atoms with E-state index in [-0.39, 0.29) is 29.2 Å². The van der Waals surface area contributed by atoms with E-state index in [2.05, 4.69) is 43.9 Å². The number of amides is 2. The second-order valence-corrected chi connectivity index (χ2v) is 13.3. The summed E-state index contributed by atoms with van der Waals surface area (Å²) < 4.78 is 0. The van der Waals surface area contributed by atoms with Crippen molar-refractivity contribution in [3.8, 4) is 6.07 Å². The molecule has 2 amide bonds. The second kappa shape index (κ2) is 10.9. The van der Waals surface area contributed by atoms with Crippen molar-refractivity contribution in [3.05, 3.63) is 69.3 Å². The quantitative estimate of drug-likeness (QED) is 0.408. The topological polar surface area (TPSA) is 80.0 Å². The molecule has 0 spiro atoms. The average Bonchev–Trinajstić information content (AvgIpc) is 3.58. The van der Waals surface area contributed by atoms with Gasteiger partial charge < -0.3 is 14.7 Å². The number of rotatable bonds is 5. The zero-order valence-electron chi connectivity index (χ0n) is 23.3. The molecule has 4 aliphatic rings. The first-order valence-corrected chi connectivity index (χ1v) is 15.1. The number of nitriles is 1. The van der Waals surface area contributed by atoms with Crippen LogP contribution in [0.25, 0.3) is 0 Å². The Hall–Kier alpha value is -2.73. The number of halogens is 2. The minimum Gasteiger partial charge on any atom is -0.347 e. The third kappa shape index (κ3) is 4.76. The molecule has 3 aliphatic heterocycles. The van der Waals surface area contributed by atoms with Crippen LogP contribution in [0.15, 0.2) is 63.7 Å². The van der Waals surface area contributed by atoms with Crippen LogP contribution in [0.2, 0.25) is 5.02 Å². The number of hydrogen-bond acceptors (Lipinski definition) is 6. The van der Waals surface area contributed by atoms with E-state index >= 15 is 0 Å². The summed E-state index contributed by atoms with van der Waals surface area (Å²) >= 11 is 14.0. The molecule has 0 aromatic heterocycles. The molecule has 1 fully saturated rings. The number of fused-ring (bicyclic) bond motifs is 1. The minimum atomic E-state index is -0.661. The number of aliphatic imine (C=N–C) groups is 1. The fourth-order valence-electron chi connectivity index (χ4n) is 6.11. The normalized spacial score (nSPS) is 29.5. The van der Waals surface area contributed by atoms with Gasteiger partial charge in [-0.25, -0.2) is 4.99 Å². The summed E-state index contributed by atoms with van der Waals surface area (Å²) in [6, 6.07) is 8.49. The van der Waals surface area contributed by atoms with Gasteiger partial charge in [-0.15, -0.1) is 11.6 Å². The highest BCUT2D eigenvalue weighted by Crippen LogP contribution is 2.53. The zero-order valence-corrected chi connectivity index (χ0v) is 25.6. The second-order valence-electron chi connectivity index (χ2n) is 11.3. The number of alkyl halides is 1. The molecule has 1 saturated heterocycles. The molecule has 210 valence electrons. The smallest absolute Gasteiger partial charge is 0.264 e. The molecule has 3 heterocycles. The summed E-state index contributed by atoms with van der Waals surface area (Å²) in [6.45, 7) is 6.25. The molecular weight excluding hydrogens is 565 g/mol. The number of likely N-dealkylation sites (N-methyl/N-ethyl adjacent to an activating group) is 1. The average molecular weight is 599 g/mol. The van der Waals surface area contributed by atoms with Crippen molar-refractivity contribution in [2.24, 2.45) is 10.9 Å². The van der Waals surface area contributed by atoms with Crippen molar-refractivity contribution >= 4 is 51.9 Å². The van der Waals surface area contributed by atoms with Crippen LogP contribution in [0.5, 0.6) is 0 Å². The zero-order chi connectivity index (χ0) is 28.9. The van der Waals surface area contributed by atoms with Gasteiger partial charge in [-0.3, -0.25) is 9.59 Å². The summed E-state index contributed by atoms with van der Waals surface area (Å²) in [4.78, 5) is 38.3. The van der Waals surface area contributed by atoms with Crippen molar-refractivity contribution in [2.75, 3.05) is 14.1 Å². The predicted octanol–water partition coefficient (Wildman–Crippen LogP) is 5.67. The van der Waals surface area contributed by atoms with Gasteiger partial charge in [0.25, 0.3) is 5.91 Å². The van der Waals surface area contributed by atoms with Crippen LogP contribution in [0.1, 0.15) is 45.6 Å². The Bertz CT molecular complexity index is 1390. The van der Waals surface area contributed by atoms with Crippen molar-refractivity contribution in [1.29, 1.82) is 5.26 Å². The molecule has 0 radical (unpaired) electrons. The number of carbonyl (C=O) groups excluding carboxylic acids is 2. The van der Waals surface area contributed by atoms with Crippen LogP contribution in [0, 0.1) is 17.2 Å². The lowest BCUT2D eigenvalue weighted by Gasteiger charge is -2.38. The van der Waals surface area contributed by atoms with E-state index in [0.29, 0.717) is 29.2 Å². The molecule has 10 heteroatoms. The number of hydrogen-bond donors (Lipinski definition) is 0. The van der Waals surface area contributed by atoms with Gasteiger partial charge in [0, 0.05) is 24.8 Å².